The van der Waals surface area contributed by atoms with Crippen LogP contribution in [0.15, 0.2) is 36.5 Å². The second-order valence-electron chi connectivity index (χ2n) is 7.22. The molecule has 1 unspecified atom stereocenters. The molecule has 29 heavy (non-hydrogen) atoms. The summed E-state index contributed by atoms with van der Waals surface area (Å²) < 4.78 is 44.4. The Labute approximate surface area is 167 Å². The van der Waals surface area contributed by atoms with E-state index in [0.717, 1.165) is 18.2 Å². The molecule has 0 spiro atoms. The van der Waals surface area contributed by atoms with Crippen LogP contribution in [0.4, 0.5) is 19.0 Å². The molecule has 8 heteroatoms. The molecule has 5 nitrogen and oxygen atoms in total. The number of hydrogen-bond acceptors (Lipinski definition) is 5. The normalized spacial score (nSPS) is 18.0. The summed E-state index contributed by atoms with van der Waals surface area (Å²) in [4.78, 5) is 20.7. The van der Waals surface area contributed by atoms with Gasteiger partial charge in [-0.05, 0) is 30.2 Å². The van der Waals surface area contributed by atoms with E-state index in [2.05, 4.69) is 9.97 Å². The van der Waals surface area contributed by atoms with Gasteiger partial charge in [-0.15, -0.1) is 0 Å². The van der Waals surface area contributed by atoms with Crippen LogP contribution in [0, 0.1) is 0 Å². The lowest BCUT2D eigenvalue weighted by atomic mass is 9.94. The van der Waals surface area contributed by atoms with Crippen molar-refractivity contribution in [2.45, 2.75) is 51.3 Å². The number of carbonyl (C=O) groups excluding carboxylic acids is 1. The topological polar surface area (TPSA) is 55.3 Å². The maximum atomic E-state index is 12.8. The highest BCUT2D eigenvalue weighted by Crippen LogP contribution is 2.29. The van der Waals surface area contributed by atoms with Crippen molar-refractivity contribution in [3.05, 3.63) is 47.9 Å². The summed E-state index contributed by atoms with van der Waals surface area (Å²) in [6, 6.07) is 8.92. The SMILES string of the molecule is CCCC(=O)C(C)c1ccc(O[C@@H]2CCN(c3ccnc(C(F)(F)F)n3)C2)cc1. The third kappa shape index (κ3) is 5.25. The van der Waals surface area contributed by atoms with Crippen molar-refractivity contribution in [3.8, 4) is 5.75 Å². The third-order valence-electron chi connectivity index (χ3n) is 5.03. The van der Waals surface area contributed by atoms with E-state index < -0.39 is 12.0 Å². The van der Waals surface area contributed by atoms with E-state index in [-0.39, 0.29) is 23.6 Å². The first-order chi connectivity index (χ1) is 13.8. The van der Waals surface area contributed by atoms with Crippen LogP contribution in [-0.4, -0.2) is 34.9 Å². The highest BCUT2D eigenvalue weighted by Gasteiger charge is 2.35. The molecule has 2 atom stereocenters. The number of aromatic nitrogens is 2. The van der Waals surface area contributed by atoms with E-state index in [9.17, 15) is 18.0 Å². The molecular weight excluding hydrogens is 383 g/mol. The van der Waals surface area contributed by atoms with Gasteiger partial charge in [-0.2, -0.15) is 13.2 Å². The van der Waals surface area contributed by atoms with E-state index in [0.29, 0.717) is 31.7 Å². The van der Waals surface area contributed by atoms with E-state index in [1.165, 1.54) is 6.07 Å². The molecule has 2 aromatic rings. The monoisotopic (exact) mass is 407 g/mol. The number of halogens is 3. The molecule has 0 bridgehead atoms. The highest BCUT2D eigenvalue weighted by molar-refractivity contribution is 5.85. The Morgan fingerprint density at radius 1 is 1.28 bits per heavy atom. The summed E-state index contributed by atoms with van der Waals surface area (Å²) in [5.41, 5.74) is 0.949. The van der Waals surface area contributed by atoms with Gasteiger partial charge in [-0.25, -0.2) is 9.97 Å². The summed E-state index contributed by atoms with van der Waals surface area (Å²) in [6.45, 7) is 4.89. The Bertz CT molecular complexity index is 840. The standard InChI is InChI=1S/C21H24F3N3O2/c1-3-4-18(28)14(2)15-5-7-16(8-6-15)29-17-10-12-27(13-17)19-9-11-25-20(26-19)21(22,23)24/h5-9,11,14,17H,3-4,10,12-13H2,1-2H3/t14?,17-/m1/s1. The number of hydrogen-bond donors (Lipinski definition) is 0. The van der Waals surface area contributed by atoms with Gasteiger partial charge in [0.2, 0.25) is 5.82 Å². The van der Waals surface area contributed by atoms with Gasteiger partial charge in [-0.3, -0.25) is 4.79 Å². The van der Waals surface area contributed by atoms with Crippen LogP contribution in [0.3, 0.4) is 0 Å². The fourth-order valence-corrected chi connectivity index (χ4v) is 3.37. The maximum absolute atomic E-state index is 12.8. The average molecular weight is 407 g/mol. The zero-order valence-corrected chi connectivity index (χ0v) is 16.4. The van der Waals surface area contributed by atoms with Crippen molar-refractivity contribution in [1.29, 1.82) is 0 Å². The lowest BCUT2D eigenvalue weighted by Gasteiger charge is -2.19. The van der Waals surface area contributed by atoms with Crippen LogP contribution in [0.25, 0.3) is 0 Å². The van der Waals surface area contributed by atoms with Gasteiger partial charge in [0.1, 0.15) is 23.5 Å². The van der Waals surface area contributed by atoms with Crippen LogP contribution >= 0.6 is 0 Å². The first kappa shape index (κ1) is 21.1. The van der Waals surface area contributed by atoms with Crippen LogP contribution in [-0.2, 0) is 11.0 Å². The van der Waals surface area contributed by atoms with Gasteiger partial charge >= 0.3 is 6.18 Å². The number of Topliss-reactive ketones (excluding diaryl/α,β-unsaturated/α-hetero) is 1. The Hall–Kier alpha value is -2.64. The minimum Gasteiger partial charge on any atom is -0.489 e. The zero-order chi connectivity index (χ0) is 21.0. The van der Waals surface area contributed by atoms with Gasteiger partial charge < -0.3 is 9.64 Å². The summed E-state index contributed by atoms with van der Waals surface area (Å²) in [7, 11) is 0. The first-order valence-electron chi connectivity index (χ1n) is 9.72. The third-order valence-corrected chi connectivity index (χ3v) is 5.03. The Morgan fingerprint density at radius 2 is 2.00 bits per heavy atom. The summed E-state index contributed by atoms with van der Waals surface area (Å²) in [5, 5.41) is 0. The van der Waals surface area contributed by atoms with Crippen molar-refractivity contribution in [1.82, 2.24) is 9.97 Å². The molecular formula is C21H24F3N3O2. The van der Waals surface area contributed by atoms with Crippen molar-refractivity contribution in [2.24, 2.45) is 0 Å². The van der Waals surface area contributed by atoms with Crippen molar-refractivity contribution >= 4 is 11.6 Å². The summed E-state index contributed by atoms with van der Waals surface area (Å²) >= 11 is 0. The molecule has 0 aliphatic carbocycles. The number of alkyl halides is 3. The highest BCUT2D eigenvalue weighted by atomic mass is 19.4. The van der Waals surface area contributed by atoms with Gasteiger partial charge in [0.05, 0.1) is 6.54 Å². The van der Waals surface area contributed by atoms with Gasteiger partial charge in [0.15, 0.2) is 0 Å². The first-order valence-corrected chi connectivity index (χ1v) is 9.72. The quantitative estimate of drug-likeness (QED) is 0.670. The number of carbonyl (C=O) groups is 1. The molecule has 3 rings (SSSR count). The maximum Gasteiger partial charge on any atom is 0.451 e. The number of benzene rings is 1. The van der Waals surface area contributed by atoms with Crippen LogP contribution in [0.1, 0.15) is 50.4 Å². The predicted octanol–water partition coefficient (Wildman–Crippen LogP) is 4.63. The van der Waals surface area contributed by atoms with Crippen LogP contribution < -0.4 is 9.64 Å². The average Bonchev–Trinajstić information content (AvgIpc) is 3.16. The van der Waals surface area contributed by atoms with E-state index in [1.807, 2.05) is 38.1 Å². The molecule has 0 saturated carbocycles. The fraction of sp³-hybridized carbons (Fsp3) is 0.476. The lowest BCUT2D eigenvalue weighted by molar-refractivity contribution is -0.144. The molecule has 1 aromatic carbocycles. The molecule has 1 saturated heterocycles. The minimum absolute atomic E-state index is 0.147. The largest absolute Gasteiger partial charge is 0.489 e. The summed E-state index contributed by atoms with van der Waals surface area (Å²) in [6.07, 6.45) is -1.51. The summed E-state index contributed by atoms with van der Waals surface area (Å²) in [5.74, 6) is -0.143. The van der Waals surface area contributed by atoms with Crippen molar-refractivity contribution in [2.75, 3.05) is 18.0 Å². The lowest BCUT2D eigenvalue weighted by Crippen LogP contribution is -2.26. The minimum atomic E-state index is -4.57. The van der Waals surface area contributed by atoms with Crippen LogP contribution in [0.5, 0.6) is 5.75 Å². The molecule has 1 aromatic heterocycles. The van der Waals surface area contributed by atoms with Crippen LogP contribution in [0.2, 0.25) is 0 Å². The Balaban J connectivity index is 1.60. The number of anilines is 1. The predicted molar refractivity (Wildman–Crippen MR) is 103 cm³/mol. The number of rotatable bonds is 7. The molecule has 2 heterocycles. The van der Waals surface area contributed by atoms with E-state index in [1.54, 1.807) is 4.90 Å². The molecule has 1 aliphatic rings. The fourth-order valence-electron chi connectivity index (χ4n) is 3.37. The molecule has 0 radical (unpaired) electrons. The Morgan fingerprint density at radius 3 is 2.66 bits per heavy atom. The van der Waals surface area contributed by atoms with E-state index >= 15 is 0 Å². The van der Waals surface area contributed by atoms with Crippen molar-refractivity contribution in [3.63, 3.8) is 0 Å². The molecule has 0 N–H and O–H groups in total. The molecule has 156 valence electrons. The molecule has 1 fully saturated rings. The Kier molecular flexibility index (Phi) is 6.39. The van der Waals surface area contributed by atoms with E-state index in [4.69, 9.17) is 4.74 Å². The second-order valence-corrected chi connectivity index (χ2v) is 7.22. The van der Waals surface area contributed by atoms with Crippen molar-refractivity contribution < 1.29 is 22.7 Å². The zero-order valence-electron chi connectivity index (χ0n) is 16.4. The number of ketones is 1. The molecule has 1 aliphatic heterocycles. The number of ether oxygens (including phenoxy) is 1. The van der Waals surface area contributed by atoms with Gasteiger partial charge in [0, 0.05) is 31.5 Å². The molecule has 0 amide bonds. The second kappa shape index (κ2) is 8.80. The smallest absolute Gasteiger partial charge is 0.451 e. The van der Waals surface area contributed by atoms with Gasteiger partial charge in [-0.1, -0.05) is 26.0 Å². The number of nitrogens with zero attached hydrogens (tertiary/aromatic N) is 3. The van der Waals surface area contributed by atoms with Gasteiger partial charge in [0.25, 0.3) is 0 Å².